The van der Waals surface area contributed by atoms with Gasteiger partial charge in [-0.2, -0.15) is 0 Å². The number of anilines is 1. The molecule has 2 aromatic heterocycles. The second kappa shape index (κ2) is 6.00. The van der Waals surface area contributed by atoms with Gasteiger partial charge in [0.2, 0.25) is 0 Å². The lowest BCUT2D eigenvalue weighted by Crippen LogP contribution is -2.14. The van der Waals surface area contributed by atoms with Crippen LogP contribution in [0, 0.1) is 6.92 Å². The smallest absolute Gasteiger partial charge is 0.259 e. The molecule has 2 heterocycles. The Morgan fingerprint density at radius 1 is 1.22 bits per heavy atom. The van der Waals surface area contributed by atoms with Crippen LogP contribution in [0.4, 0.5) is 5.69 Å². The van der Waals surface area contributed by atoms with Crippen molar-refractivity contribution in [2.75, 3.05) is 19.5 Å². The molecule has 118 valence electrons. The molecule has 0 spiro atoms. The summed E-state index contributed by atoms with van der Waals surface area (Å²) < 4.78 is 12.3. The number of aryl methyl sites for hydroxylation is 1. The summed E-state index contributed by atoms with van der Waals surface area (Å²) in [4.78, 5) is 17.0. The first kappa shape index (κ1) is 14.9. The molecule has 0 fully saturated rings. The molecule has 0 aliphatic heterocycles. The first-order valence-corrected chi connectivity index (χ1v) is 7.10. The molecule has 1 N–H and O–H groups in total. The average Bonchev–Trinajstić information content (AvgIpc) is 2.95. The minimum absolute atomic E-state index is 0.246. The fourth-order valence-electron chi connectivity index (χ4n) is 2.40. The van der Waals surface area contributed by atoms with Gasteiger partial charge in [0, 0.05) is 18.5 Å². The number of nitrogens with one attached hydrogen (secondary N) is 1. The predicted molar refractivity (Wildman–Crippen MR) is 87.4 cm³/mol. The van der Waals surface area contributed by atoms with Crippen molar-refractivity contribution in [1.82, 2.24) is 9.38 Å². The minimum atomic E-state index is -0.246. The van der Waals surface area contributed by atoms with Crippen LogP contribution >= 0.6 is 0 Å². The van der Waals surface area contributed by atoms with Crippen LogP contribution in [-0.4, -0.2) is 29.5 Å². The van der Waals surface area contributed by atoms with Crippen LogP contribution < -0.4 is 14.8 Å². The Hall–Kier alpha value is -3.02. The summed E-state index contributed by atoms with van der Waals surface area (Å²) in [5.74, 6) is 0.944. The maximum absolute atomic E-state index is 12.6. The standard InChI is InChI=1S/C17H17N3O3/c1-11-10-20-8-4-5-13(16(20)18-11)17(21)19-14-7-6-12(22-2)9-15(14)23-3/h4-10H,1-3H3,(H,19,21). The first-order valence-electron chi connectivity index (χ1n) is 7.10. The number of aromatic nitrogens is 2. The molecule has 6 heteroatoms. The molecule has 1 amide bonds. The van der Waals surface area contributed by atoms with E-state index >= 15 is 0 Å². The zero-order valence-electron chi connectivity index (χ0n) is 13.2. The zero-order chi connectivity index (χ0) is 16.4. The lowest BCUT2D eigenvalue weighted by Gasteiger charge is -2.12. The minimum Gasteiger partial charge on any atom is -0.497 e. The topological polar surface area (TPSA) is 64.9 Å². The van der Waals surface area contributed by atoms with Gasteiger partial charge in [-0.3, -0.25) is 4.79 Å². The Bertz CT molecular complexity index is 871. The molecule has 1 aromatic carbocycles. The molecule has 0 saturated carbocycles. The van der Waals surface area contributed by atoms with E-state index in [2.05, 4.69) is 10.3 Å². The van der Waals surface area contributed by atoms with Crippen LogP contribution in [0.25, 0.3) is 5.65 Å². The highest BCUT2D eigenvalue weighted by molar-refractivity contribution is 6.08. The lowest BCUT2D eigenvalue weighted by atomic mass is 10.2. The molecular formula is C17H17N3O3. The third kappa shape index (κ3) is 2.83. The number of amides is 1. The average molecular weight is 311 g/mol. The zero-order valence-corrected chi connectivity index (χ0v) is 13.2. The van der Waals surface area contributed by atoms with Crippen LogP contribution in [0.15, 0.2) is 42.7 Å². The van der Waals surface area contributed by atoms with Crippen molar-refractivity contribution in [1.29, 1.82) is 0 Å². The largest absolute Gasteiger partial charge is 0.497 e. The van der Waals surface area contributed by atoms with Crippen molar-refractivity contribution in [2.45, 2.75) is 6.92 Å². The van der Waals surface area contributed by atoms with Gasteiger partial charge in [0.15, 0.2) is 0 Å². The predicted octanol–water partition coefficient (Wildman–Crippen LogP) is 2.91. The third-order valence-corrected chi connectivity index (χ3v) is 3.50. The lowest BCUT2D eigenvalue weighted by molar-refractivity contribution is 0.102. The van der Waals surface area contributed by atoms with Crippen molar-refractivity contribution in [3.05, 3.63) is 54.0 Å². The molecule has 0 bridgehead atoms. The fourth-order valence-corrected chi connectivity index (χ4v) is 2.40. The van der Waals surface area contributed by atoms with E-state index in [-0.39, 0.29) is 5.91 Å². The molecular weight excluding hydrogens is 294 g/mol. The summed E-state index contributed by atoms with van der Waals surface area (Å²) >= 11 is 0. The Morgan fingerprint density at radius 3 is 2.78 bits per heavy atom. The number of carbonyl (C=O) groups is 1. The van der Waals surface area contributed by atoms with Crippen molar-refractivity contribution in [3.8, 4) is 11.5 Å². The van der Waals surface area contributed by atoms with Crippen LogP contribution in [0.3, 0.4) is 0 Å². The number of benzene rings is 1. The number of ether oxygens (including phenoxy) is 2. The molecule has 3 aromatic rings. The van der Waals surface area contributed by atoms with Crippen LogP contribution in [0.2, 0.25) is 0 Å². The van der Waals surface area contributed by atoms with Crippen LogP contribution in [0.5, 0.6) is 11.5 Å². The fraction of sp³-hybridized carbons (Fsp3) is 0.176. The quantitative estimate of drug-likeness (QED) is 0.804. The van der Waals surface area contributed by atoms with Gasteiger partial charge < -0.3 is 19.2 Å². The third-order valence-electron chi connectivity index (χ3n) is 3.50. The Balaban J connectivity index is 1.95. The number of imidazole rings is 1. The first-order chi connectivity index (χ1) is 11.1. The van der Waals surface area contributed by atoms with E-state index in [0.29, 0.717) is 28.4 Å². The van der Waals surface area contributed by atoms with Gasteiger partial charge in [0.1, 0.15) is 17.1 Å². The Kier molecular flexibility index (Phi) is 3.89. The Labute approximate surface area is 133 Å². The van der Waals surface area contributed by atoms with E-state index in [1.807, 2.05) is 29.8 Å². The number of hydrogen-bond donors (Lipinski definition) is 1. The number of fused-ring (bicyclic) bond motifs is 1. The molecule has 3 rings (SSSR count). The molecule has 23 heavy (non-hydrogen) atoms. The number of nitrogens with zero attached hydrogens (tertiary/aromatic N) is 2. The number of hydrogen-bond acceptors (Lipinski definition) is 4. The van der Waals surface area contributed by atoms with Gasteiger partial charge in [-0.15, -0.1) is 0 Å². The van der Waals surface area contributed by atoms with Gasteiger partial charge in [-0.05, 0) is 31.2 Å². The molecule has 0 unspecified atom stereocenters. The van der Waals surface area contributed by atoms with E-state index in [9.17, 15) is 4.79 Å². The van der Waals surface area contributed by atoms with E-state index in [4.69, 9.17) is 9.47 Å². The van der Waals surface area contributed by atoms with E-state index in [0.717, 1.165) is 5.69 Å². The number of methoxy groups -OCH3 is 2. The molecule has 0 saturated heterocycles. The molecule has 0 aliphatic carbocycles. The maximum atomic E-state index is 12.6. The van der Waals surface area contributed by atoms with Gasteiger partial charge >= 0.3 is 0 Å². The summed E-state index contributed by atoms with van der Waals surface area (Å²) in [6, 6.07) is 8.78. The van der Waals surface area contributed by atoms with Crippen LogP contribution in [-0.2, 0) is 0 Å². The van der Waals surface area contributed by atoms with E-state index in [1.165, 1.54) is 0 Å². The van der Waals surface area contributed by atoms with Crippen LogP contribution in [0.1, 0.15) is 16.1 Å². The Morgan fingerprint density at radius 2 is 2.04 bits per heavy atom. The molecule has 6 nitrogen and oxygen atoms in total. The highest BCUT2D eigenvalue weighted by Crippen LogP contribution is 2.29. The van der Waals surface area contributed by atoms with Gasteiger partial charge in [0.25, 0.3) is 5.91 Å². The summed E-state index contributed by atoms with van der Waals surface area (Å²) in [5, 5.41) is 2.86. The summed E-state index contributed by atoms with van der Waals surface area (Å²) in [6.07, 6.45) is 3.74. The normalized spacial score (nSPS) is 10.6. The van der Waals surface area contributed by atoms with Crippen molar-refractivity contribution in [3.63, 3.8) is 0 Å². The van der Waals surface area contributed by atoms with Gasteiger partial charge in [-0.25, -0.2) is 4.98 Å². The van der Waals surface area contributed by atoms with Gasteiger partial charge in [0.05, 0.1) is 31.2 Å². The summed E-state index contributed by atoms with van der Waals surface area (Å²) in [6.45, 7) is 1.89. The van der Waals surface area contributed by atoms with Crippen molar-refractivity contribution in [2.24, 2.45) is 0 Å². The second-order valence-electron chi connectivity index (χ2n) is 5.06. The van der Waals surface area contributed by atoms with Crippen molar-refractivity contribution >= 4 is 17.2 Å². The number of rotatable bonds is 4. The SMILES string of the molecule is COc1ccc(NC(=O)c2cccn3cc(C)nc23)c(OC)c1. The monoisotopic (exact) mass is 311 g/mol. The highest BCUT2D eigenvalue weighted by atomic mass is 16.5. The second-order valence-corrected chi connectivity index (χ2v) is 5.06. The van der Waals surface area contributed by atoms with E-state index < -0.39 is 0 Å². The maximum Gasteiger partial charge on any atom is 0.259 e. The number of pyridine rings is 1. The van der Waals surface area contributed by atoms with Gasteiger partial charge in [-0.1, -0.05) is 0 Å². The van der Waals surface area contributed by atoms with E-state index in [1.54, 1.807) is 38.5 Å². The highest BCUT2D eigenvalue weighted by Gasteiger charge is 2.15. The number of carbonyl (C=O) groups excluding carboxylic acids is 1. The summed E-state index contributed by atoms with van der Waals surface area (Å²) in [5.41, 5.74) is 2.55. The molecule has 0 atom stereocenters. The van der Waals surface area contributed by atoms with Crippen molar-refractivity contribution < 1.29 is 14.3 Å². The summed E-state index contributed by atoms with van der Waals surface area (Å²) in [7, 11) is 3.12. The molecule has 0 aliphatic rings. The molecule has 0 radical (unpaired) electrons.